The Bertz CT molecular complexity index is 243. The summed E-state index contributed by atoms with van der Waals surface area (Å²) in [6.07, 6.45) is 6.83. The lowest BCUT2D eigenvalue weighted by Crippen LogP contribution is -2.03. The Morgan fingerprint density at radius 1 is 1.58 bits per heavy atom. The molecule has 1 fully saturated rings. The van der Waals surface area contributed by atoms with Crippen molar-refractivity contribution >= 4 is 0 Å². The van der Waals surface area contributed by atoms with Gasteiger partial charge in [0.05, 0.1) is 12.5 Å². The second-order valence-electron chi connectivity index (χ2n) is 2.79. The molecular weight excluding hydrogens is 148 g/mol. The van der Waals surface area contributed by atoms with Gasteiger partial charge in [-0.15, -0.1) is 0 Å². The van der Waals surface area contributed by atoms with Crippen LogP contribution in [0.15, 0.2) is 23.4 Å². The van der Waals surface area contributed by atoms with Crippen molar-refractivity contribution in [1.82, 2.24) is 5.32 Å². The Hall–Kier alpha value is -1.23. The number of allylic oxidation sites excluding steroid dienone is 3. The van der Waals surface area contributed by atoms with Gasteiger partial charge in [-0.3, -0.25) is 0 Å². The van der Waals surface area contributed by atoms with Crippen molar-refractivity contribution in [2.24, 2.45) is 0 Å². The van der Waals surface area contributed by atoms with Gasteiger partial charge in [0.1, 0.15) is 0 Å². The molecular formula is C10H14N2. The van der Waals surface area contributed by atoms with E-state index in [1.165, 1.54) is 11.3 Å². The van der Waals surface area contributed by atoms with E-state index in [0.29, 0.717) is 6.42 Å². The Balaban J connectivity index is 2.65. The van der Waals surface area contributed by atoms with Gasteiger partial charge in [0.2, 0.25) is 0 Å². The highest BCUT2D eigenvalue weighted by Gasteiger charge is 2.10. The third-order valence-corrected chi connectivity index (χ3v) is 1.90. The van der Waals surface area contributed by atoms with Gasteiger partial charge in [-0.05, 0) is 18.4 Å². The maximum Gasteiger partial charge on any atom is 0.0663 e. The molecule has 0 spiro atoms. The van der Waals surface area contributed by atoms with Crippen LogP contribution >= 0.6 is 0 Å². The van der Waals surface area contributed by atoms with Gasteiger partial charge in [-0.1, -0.05) is 19.1 Å². The summed E-state index contributed by atoms with van der Waals surface area (Å²) < 4.78 is 0. The number of hydrogen-bond acceptors (Lipinski definition) is 2. The predicted octanol–water partition coefficient (Wildman–Crippen LogP) is 2.11. The number of nitrogens with zero attached hydrogens (tertiary/aromatic N) is 1. The first kappa shape index (κ1) is 8.86. The van der Waals surface area contributed by atoms with E-state index < -0.39 is 0 Å². The molecule has 1 rings (SSSR count). The summed E-state index contributed by atoms with van der Waals surface area (Å²) in [5.41, 5.74) is 2.53. The van der Waals surface area contributed by atoms with Crippen molar-refractivity contribution in [3.63, 3.8) is 0 Å². The first-order valence-corrected chi connectivity index (χ1v) is 4.39. The lowest BCUT2D eigenvalue weighted by molar-refractivity contribution is 0.909. The fourth-order valence-electron chi connectivity index (χ4n) is 1.37. The summed E-state index contributed by atoms with van der Waals surface area (Å²) in [6, 6.07) is 2.13. The highest BCUT2D eigenvalue weighted by Crippen LogP contribution is 2.18. The second-order valence-corrected chi connectivity index (χ2v) is 2.79. The smallest absolute Gasteiger partial charge is 0.0663 e. The first-order valence-electron chi connectivity index (χ1n) is 4.39. The maximum atomic E-state index is 8.41. The van der Waals surface area contributed by atoms with E-state index >= 15 is 0 Å². The van der Waals surface area contributed by atoms with E-state index in [2.05, 4.69) is 24.4 Å². The molecule has 0 radical (unpaired) electrons. The van der Waals surface area contributed by atoms with Crippen molar-refractivity contribution in [3.8, 4) is 6.07 Å². The average Bonchev–Trinajstić information content (AvgIpc) is 2.50. The van der Waals surface area contributed by atoms with Gasteiger partial charge in [-0.25, -0.2) is 0 Å². The molecule has 0 bridgehead atoms. The summed E-state index contributed by atoms with van der Waals surface area (Å²) in [7, 11) is 0. The number of nitriles is 1. The van der Waals surface area contributed by atoms with E-state index in [1.54, 1.807) is 0 Å². The van der Waals surface area contributed by atoms with Crippen molar-refractivity contribution in [2.75, 3.05) is 6.54 Å². The molecule has 64 valence electrons. The van der Waals surface area contributed by atoms with E-state index in [4.69, 9.17) is 5.26 Å². The molecule has 2 nitrogen and oxygen atoms in total. The average molecular weight is 162 g/mol. The molecule has 1 saturated heterocycles. The van der Waals surface area contributed by atoms with Crippen LogP contribution < -0.4 is 5.32 Å². The normalized spacial score (nSPS) is 22.7. The second kappa shape index (κ2) is 4.61. The Kier molecular flexibility index (Phi) is 3.40. The number of rotatable bonds is 2. The zero-order valence-electron chi connectivity index (χ0n) is 7.43. The molecule has 0 unspecified atom stereocenters. The van der Waals surface area contributed by atoms with E-state index in [9.17, 15) is 0 Å². The summed E-state index contributed by atoms with van der Waals surface area (Å²) in [5, 5.41) is 11.7. The summed E-state index contributed by atoms with van der Waals surface area (Å²) >= 11 is 0. The van der Waals surface area contributed by atoms with Gasteiger partial charge in [0.25, 0.3) is 0 Å². The summed E-state index contributed by atoms with van der Waals surface area (Å²) in [5.74, 6) is 0. The standard InChI is InChI=1S/C10H14N2/c1-2-4-10-9(5-3-7-11)6-8-12-10/h4-5,12H,2-3,6,8H2,1H3/b9-5-,10-4+. The molecule has 1 heterocycles. The Labute approximate surface area is 73.6 Å². The van der Waals surface area contributed by atoms with Gasteiger partial charge in [0.15, 0.2) is 0 Å². The molecule has 1 aliphatic rings. The maximum absolute atomic E-state index is 8.41. The number of nitrogens with one attached hydrogen (secondary N) is 1. The molecule has 0 aromatic rings. The lowest BCUT2D eigenvalue weighted by Gasteiger charge is -1.98. The van der Waals surface area contributed by atoms with Crippen LogP contribution in [0.4, 0.5) is 0 Å². The molecule has 0 aliphatic carbocycles. The fourth-order valence-corrected chi connectivity index (χ4v) is 1.37. The van der Waals surface area contributed by atoms with Crippen molar-refractivity contribution in [3.05, 3.63) is 23.4 Å². The monoisotopic (exact) mass is 162 g/mol. The third kappa shape index (κ3) is 2.13. The molecule has 0 saturated carbocycles. The van der Waals surface area contributed by atoms with Crippen molar-refractivity contribution in [2.45, 2.75) is 26.2 Å². The topological polar surface area (TPSA) is 35.8 Å². The molecule has 1 aliphatic heterocycles. The summed E-state index contributed by atoms with van der Waals surface area (Å²) in [6.45, 7) is 3.14. The minimum absolute atomic E-state index is 0.526. The van der Waals surface area contributed by atoms with Crippen molar-refractivity contribution < 1.29 is 0 Å². The third-order valence-electron chi connectivity index (χ3n) is 1.90. The molecule has 0 aromatic carbocycles. The van der Waals surface area contributed by atoms with Crippen LogP contribution in [0.3, 0.4) is 0 Å². The van der Waals surface area contributed by atoms with Crippen LogP contribution in [0.2, 0.25) is 0 Å². The van der Waals surface area contributed by atoms with E-state index in [0.717, 1.165) is 19.4 Å². The van der Waals surface area contributed by atoms with E-state index in [1.807, 2.05) is 6.08 Å². The largest absolute Gasteiger partial charge is 0.385 e. The lowest BCUT2D eigenvalue weighted by atomic mass is 10.1. The minimum Gasteiger partial charge on any atom is -0.385 e. The molecule has 2 heteroatoms. The van der Waals surface area contributed by atoms with Crippen LogP contribution in [-0.4, -0.2) is 6.54 Å². The fraction of sp³-hybridized carbons (Fsp3) is 0.500. The summed E-state index contributed by atoms with van der Waals surface area (Å²) in [4.78, 5) is 0. The molecule has 12 heavy (non-hydrogen) atoms. The zero-order chi connectivity index (χ0) is 8.81. The molecule has 0 amide bonds. The van der Waals surface area contributed by atoms with Crippen LogP contribution in [0.5, 0.6) is 0 Å². The first-order chi connectivity index (χ1) is 5.88. The van der Waals surface area contributed by atoms with Gasteiger partial charge in [0, 0.05) is 12.2 Å². The highest BCUT2D eigenvalue weighted by atomic mass is 14.9. The Morgan fingerprint density at radius 2 is 2.42 bits per heavy atom. The molecule has 0 atom stereocenters. The molecule has 0 aromatic heterocycles. The van der Waals surface area contributed by atoms with Gasteiger partial charge in [-0.2, -0.15) is 5.26 Å². The van der Waals surface area contributed by atoms with Crippen LogP contribution in [0.1, 0.15) is 26.2 Å². The van der Waals surface area contributed by atoms with Gasteiger partial charge >= 0.3 is 0 Å². The van der Waals surface area contributed by atoms with Crippen LogP contribution in [0, 0.1) is 11.3 Å². The zero-order valence-corrected chi connectivity index (χ0v) is 7.43. The quantitative estimate of drug-likeness (QED) is 0.675. The SMILES string of the molecule is CC/C=C1/NCC/C1=C/CC#N. The highest BCUT2D eigenvalue weighted by molar-refractivity contribution is 5.34. The van der Waals surface area contributed by atoms with Crippen LogP contribution in [0.25, 0.3) is 0 Å². The number of hydrogen-bond donors (Lipinski definition) is 1. The molecule has 1 N–H and O–H groups in total. The predicted molar refractivity (Wildman–Crippen MR) is 49.3 cm³/mol. The van der Waals surface area contributed by atoms with E-state index in [-0.39, 0.29) is 0 Å². The van der Waals surface area contributed by atoms with Gasteiger partial charge < -0.3 is 5.32 Å². The van der Waals surface area contributed by atoms with Crippen LogP contribution in [-0.2, 0) is 0 Å². The minimum atomic E-state index is 0.526. The van der Waals surface area contributed by atoms with Crippen molar-refractivity contribution in [1.29, 1.82) is 5.26 Å². The Morgan fingerprint density at radius 3 is 3.08 bits per heavy atom.